The minimum atomic E-state index is -0.656. The molecule has 0 spiro atoms. The lowest BCUT2D eigenvalue weighted by Gasteiger charge is -2.23. The van der Waals surface area contributed by atoms with Crippen molar-refractivity contribution in [1.29, 1.82) is 0 Å². The molecule has 36 heavy (non-hydrogen) atoms. The van der Waals surface area contributed by atoms with E-state index in [9.17, 15) is 9.59 Å². The molecule has 1 N–H and O–H groups in total. The van der Waals surface area contributed by atoms with Crippen LogP contribution in [0.2, 0.25) is 0 Å². The number of unbranched alkanes of at least 4 members (excludes halogenated alkanes) is 1. The highest BCUT2D eigenvalue weighted by molar-refractivity contribution is 6.13. The van der Waals surface area contributed by atoms with Crippen LogP contribution in [0.15, 0.2) is 35.2 Å². The van der Waals surface area contributed by atoms with Crippen LogP contribution >= 0.6 is 0 Å². The lowest BCUT2D eigenvalue weighted by molar-refractivity contribution is -0.114. The zero-order valence-corrected chi connectivity index (χ0v) is 21.8. The van der Waals surface area contributed by atoms with E-state index in [1.54, 1.807) is 18.5 Å². The highest BCUT2D eigenvalue weighted by Gasteiger charge is 2.29. The van der Waals surface area contributed by atoms with Crippen LogP contribution < -0.4 is 5.32 Å². The van der Waals surface area contributed by atoms with Crippen molar-refractivity contribution in [2.75, 3.05) is 25.1 Å². The minimum Gasteiger partial charge on any atom is -0.443 e. The van der Waals surface area contributed by atoms with Crippen LogP contribution in [-0.4, -0.2) is 58.8 Å². The van der Waals surface area contributed by atoms with Gasteiger partial charge >= 0.3 is 6.09 Å². The molecule has 2 aliphatic heterocycles. The van der Waals surface area contributed by atoms with E-state index < -0.39 is 11.7 Å². The third kappa shape index (κ3) is 6.20. The fraction of sp³-hybridized carbons (Fsp3) is 0.556. The summed E-state index contributed by atoms with van der Waals surface area (Å²) in [6.07, 6.45) is 8.38. The maximum Gasteiger partial charge on any atom is 0.419 e. The van der Waals surface area contributed by atoms with Gasteiger partial charge in [0.15, 0.2) is 0 Å². The third-order valence-corrected chi connectivity index (χ3v) is 6.09. The van der Waals surface area contributed by atoms with Gasteiger partial charge in [0.2, 0.25) is 5.91 Å². The Morgan fingerprint density at radius 1 is 1.31 bits per heavy atom. The van der Waals surface area contributed by atoms with Crippen molar-refractivity contribution in [3.8, 4) is 0 Å². The van der Waals surface area contributed by atoms with E-state index >= 15 is 0 Å². The van der Waals surface area contributed by atoms with E-state index in [2.05, 4.69) is 23.3 Å². The van der Waals surface area contributed by atoms with Crippen LogP contribution in [0.4, 0.5) is 10.6 Å². The Morgan fingerprint density at radius 3 is 2.78 bits per heavy atom. The molecule has 0 aliphatic carbocycles. The van der Waals surface area contributed by atoms with Crippen molar-refractivity contribution in [3.63, 3.8) is 0 Å². The minimum absolute atomic E-state index is 0.115. The molecule has 0 aromatic carbocycles. The number of amides is 1. The van der Waals surface area contributed by atoms with Gasteiger partial charge in [-0.2, -0.15) is 0 Å². The monoisotopic (exact) mass is 496 g/mol. The van der Waals surface area contributed by atoms with Gasteiger partial charge in [0.1, 0.15) is 11.4 Å². The number of nitrogens with zero attached hydrogens (tertiary/aromatic N) is 3. The zero-order chi connectivity index (χ0) is 25.9. The van der Waals surface area contributed by atoms with E-state index in [4.69, 9.17) is 19.2 Å². The number of carbonyl (C=O) groups excluding carboxylic acids is 2. The van der Waals surface area contributed by atoms with E-state index in [-0.39, 0.29) is 17.9 Å². The largest absolute Gasteiger partial charge is 0.443 e. The standard InChI is InChI=1S/C27H36N4O5/c1-6-7-9-35-19-11-22(18-8-10-34-16-18)30-23(12-19)21-15-31(26(33)36-27(3,4)5)24-14-28-25(13-20(21)24)29-17(2)32/h11,13-15,18-19H,6-10,12,16H2,1-5H3,(H,28,29,32). The van der Waals surface area contributed by atoms with Gasteiger partial charge in [-0.25, -0.2) is 9.78 Å². The highest BCUT2D eigenvalue weighted by atomic mass is 16.6. The number of fused-ring (bicyclic) bond motifs is 1. The molecule has 2 atom stereocenters. The number of rotatable bonds is 7. The molecule has 194 valence electrons. The zero-order valence-electron chi connectivity index (χ0n) is 21.8. The molecule has 2 aliphatic rings. The number of hydrogen-bond donors (Lipinski definition) is 1. The van der Waals surface area contributed by atoms with Crippen molar-refractivity contribution < 1.29 is 23.8 Å². The van der Waals surface area contributed by atoms with Crippen LogP contribution in [-0.2, 0) is 19.0 Å². The van der Waals surface area contributed by atoms with Gasteiger partial charge < -0.3 is 19.5 Å². The molecular formula is C27H36N4O5. The van der Waals surface area contributed by atoms with E-state index in [1.165, 1.54) is 11.5 Å². The van der Waals surface area contributed by atoms with Crippen molar-refractivity contribution in [2.45, 2.75) is 72.0 Å². The van der Waals surface area contributed by atoms with Gasteiger partial charge in [-0.05, 0) is 45.8 Å². The van der Waals surface area contributed by atoms with Crippen LogP contribution in [0.3, 0.4) is 0 Å². The molecule has 2 unspecified atom stereocenters. The molecule has 1 saturated heterocycles. The first kappa shape index (κ1) is 26.0. The Bertz CT molecular complexity index is 1180. The Balaban J connectivity index is 1.78. The molecule has 4 heterocycles. The average molecular weight is 497 g/mol. The molecule has 2 aromatic rings. The summed E-state index contributed by atoms with van der Waals surface area (Å²) in [4.78, 5) is 34.2. The lowest BCUT2D eigenvalue weighted by Crippen LogP contribution is -2.27. The van der Waals surface area contributed by atoms with Gasteiger partial charge in [-0.3, -0.25) is 14.4 Å². The summed E-state index contributed by atoms with van der Waals surface area (Å²) in [6, 6.07) is 1.78. The summed E-state index contributed by atoms with van der Waals surface area (Å²) in [5.74, 6) is 0.402. The number of pyridine rings is 1. The summed E-state index contributed by atoms with van der Waals surface area (Å²) < 4.78 is 18.9. The summed E-state index contributed by atoms with van der Waals surface area (Å²) in [7, 11) is 0. The van der Waals surface area contributed by atoms with Crippen LogP contribution in [0.5, 0.6) is 0 Å². The van der Waals surface area contributed by atoms with E-state index in [0.717, 1.165) is 48.2 Å². The Hall–Kier alpha value is -3.04. The molecule has 4 rings (SSSR count). The van der Waals surface area contributed by atoms with Gasteiger partial charge in [-0.1, -0.05) is 13.3 Å². The van der Waals surface area contributed by atoms with Crippen molar-refractivity contribution in [3.05, 3.63) is 35.8 Å². The molecular weight excluding hydrogens is 460 g/mol. The normalized spacial score (nSPS) is 20.2. The average Bonchev–Trinajstić information content (AvgIpc) is 3.46. The fourth-order valence-corrected chi connectivity index (χ4v) is 4.39. The molecule has 9 heteroatoms. The van der Waals surface area contributed by atoms with Crippen molar-refractivity contribution >= 4 is 34.4 Å². The lowest BCUT2D eigenvalue weighted by atomic mass is 9.95. The first-order valence-corrected chi connectivity index (χ1v) is 12.7. The Morgan fingerprint density at radius 2 is 2.11 bits per heavy atom. The topological polar surface area (TPSA) is 104 Å². The number of ether oxygens (including phenoxy) is 3. The summed E-state index contributed by atoms with van der Waals surface area (Å²) >= 11 is 0. The SMILES string of the molecule is CCCCOC1C=C(C2CCOC2)N=C(c2cn(C(=O)OC(C)(C)C)c3cnc(NC(C)=O)cc23)C1. The van der Waals surface area contributed by atoms with Gasteiger partial charge in [0.05, 0.1) is 30.1 Å². The Labute approximate surface area is 211 Å². The predicted octanol–water partition coefficient (Wildman–Crippen LogP) is 5.08. The van der Waals surface area contributed by atoms with Crippen molar-refractivity contribution in [1.82, 2.24) is 9.55 Å². The fourth-order valence-electron chi connectivity index (χ4n) is 4.39. The Kier molecular flexibility index (Phi) is 7.90. The number of nitrogens with one attached hydrogen (secondary N) is 1. The van der Waals surface area contributed by atoms with E-state index in [1.807, 2.05) is 20.8 Å². The first-order valence-electron chi connectivity index (χ1n) is 12.7. The number of anilines is 1. The van der Waals surface area contributed by atoms with E-state index in [0.29, 0.717) is 31.0 Å². The molecule has 0 radical (unpaired) electrons. The molecule has 1 fully saturated rings. The summed E-state index contributed by atoms with van der Waals surface area (Å²) in [5, 5.41) is 3.49. The maximum atomic E-state index is 13.1. The number of aliphatic imine (C=N–C) groups is 1. The molecule has 0 bridgehead atoms. The smallest absolute Gasteiger partial charge is 0.419 e. The second-order valence-electron chi connectivity index (χ2n) is 10.3. The third-order valence-electron chi connectivity index (χ3n) is 6.09. The van der Waals surface area contributed by atoms with Gasteiger partial charge in [0.25, 0.3) is 0 Å². The maximum absolute atomic E-state index is 13.1. The molecule has 1 amide bonds. The van der Waals surface area contributed by atoms with Crippen molar-refractivity contribution in [2.24, 2.45) is 10.9 Å². The number of carbonyl (C=O) groups is 2. The highest BCUT2D eigenvalue weighted by Crippen LogP contribution is 2.32. The van der Waals surface area contributed by atoms with Crippen LogP contribution in [0.25, 0.3) is 10.9 Å². The number of aromatic nitrogens is 2. The van der Waals surface area contributed by atoms with Gasteiger partial charge in [0, 0.05) is 55.3 Å². The van der Waals surface area contributed by atoms with Crippen LogP contribution in [0, 0.1) is 5.92 Å². The molecule has 2 aromatic heterocycles. The second-order valence-corrected chi connectivity index (χ2v) is 10.3. The first-order chi connectivity index (χ1) is 17.1. The summed E-state index contributed by atoms with van der Waals surface area (Å²) in [5.41, 5.74) is 2.51. The predicted molar refractivity (Wildman–Crippen MR) is 138 cm³/mol. The second kappa shape index (κ2) is 10.9. The summed E-state index contributed by atoms with van der Waals surface area (Å²) in [6.45, 7) is 11.1. The molecule has 9 nitrogen and oxygen atoms in total. The van der Waals surface area contributed by atoms with Gasteiger partial charge in [-0.15, -0.1) is 0 Å². The number of hydrogen-bond acceptors (Lipinski definition) is 7. The van der Waals surface area contributed by atoms with Crippen LogP contribution in [0.1, 0.15) is 65.9 Å². The quantitative estimate of drug-likeness (QED) is 0.536. The molecule has 0 saturated carbocycles.